The predicted octanol–water partition coefficient (Wildman–Crippen LogP) is 5.50. The summed E-state index contributed by atoms with van der Waals surface area (Å²) in [5, 5.41) is 8.09. The molecule has 28 heavy (non-hydrogen) atoms. The van der Waals surface area contributed by atoms with Crippen molar-refractivity contribution >= 4 is 65.9 Å². The van der Waals surface area contributed by atoms with Crippen LogP contribution in [0, 0.1) is 0 Å². The highest BCUT2D eigenvalue weighted by atomic mass is 79.9. The Labute approximate surface area is 185 Å². The van der Waals surface area contributed by atoms with Crippen LogP contribution in [0.5, 0.6) is 5.75 Å². The van der Waals surface area contributed by atoms with Crippen molar-refractivity contribution < 1.29 is 9.53 Å². The molecule has 0 radical (unpaired) electrons. The zero-order chi connectivity index (χ0) is 20.1. The number of hydrogen-bond donors (Lipinski definition) is 2. The zero-order valence-corrected chi connectivity index (χ0v) is 19.0. The first-order chi connectivity index (χ1) is 13.4. The molecule has 0 aliphatic carbocycles. The van der Waals surface area contributed by atoms with E-state index in [1.807, 2.05) is 67.6 Å². The fourth-order valence-corrected chi connectivity index (χ4v) is 4.00. The fraction of sp³-hybridized carbons (Fsp3) is 0.143. The van der Waals surface area contributed by atoms with E-state index in [0.717, 1.165) is 25.3 Å². The van der Waals surface area contributed by atoms with Crippen LogP contribution in [0.3, 0.4) is 0 Å². The topological polar surface area (TPSA) is 50.4 Å². The molecular weight excluding hydrogens is 504 g/mol. The lowest BCUT2D eigenvalue weighted by Crippen LogP contribution is -2.42. The molecule has 3 aromatic carbocycles. The third-order valence-corrected chi connectivity index (χ3v) is 5.67. The number of ether oxygens (including phenoxy) is 1. The number of nitrogens with one attached hydrogen (secondary N) is 2. The highest BCUT2D eigenvalue weighted by Gasteiger charge is 2.12. The monoisotopic (exact) mass is 520 g/mol. The molecule has 3 aromatic rings. The van der Waals surface area contributed by atoms with E-state index in [1.165, 1.54) is 0 Å². The van der Waals surface area contributed by atoms with Gasteiger partial charge in [0.15, 0.2) is 11.7 Å². The quantitative estimate of drug-likeness (QED) is 0.435. The van der Waals surface area contributed by atoms with Crippen LogP contribution in [-0.2, 0) is 4.79 Å². The van der Waals surface area contributed by atoms with Gasteiger partial charge >= 0.3 is 0 Å². The lowest BCUT2D eigenvalue weighted by molar-refractivity contribution is -0.121. The normalized spacial score (nSPS) is 11.7. The highest BCUT2D eigenvalue weighted by molar-refractivity contribution is 9.11. The second-order valence-electron chi connectivity index (χ2n) is 6.19. The molecule has 1 atom stereocenters. The van der Waals surface area contributed by atoms with Gasteiger partial charge < -0.3 is 15.4 Å². The van der Waals surface area contributed by atoms with E-state index in [4.69, 9.17) is 17.0 Å². The summed E-state index contributed by atoms with van der Waals surface area (Å²) >= 11 is 12.2. The number of benzene rings is 3. The first-order valence-corrected chi connectivity index (χ1v) is 10.6. The lowest BCUT2D eigenvalue weighted by Gasteiger charge is -2.17. The van der Waals surface area contributed by atoms with E-state index in [0.29, 0.717) is 5.75 Å². The molecule has 0 aliphatic heterocycles. The van der Waals surface area contributed by atoms with Gasteiger partial charge in [-0.1, -0.05) is 58.4 Å². The summed E-state index contributed by atoms with van der Waals surface area (Å²) in [4.78, 5) is 12.2. The highest BCUT2D eigenvalue weighted by Crippen LogP contribution is 2.34. The molecule has 0 aromatic heterocycles. The Hall–Kier alpha value is -1.96. The smallest absolute Gasteiger partial charge is 0.264 e. The van der Waals surface area contributed by atoms with Crippen molar-refractivity contribution in [1.82, 2.24) is 10.6 Å². The summed E-state index contributed by atoms with van der Waals surface area (Å²) in [5.41, 5.74) is 1.09. The van der Waals surface area contributed by atoms with Crippen molar-refractivity contribution in [3.63, 3.8) is 0 Å². The molecule has 2 N–H and O–H groups in total. The van der Waals surface area contributed by atoms with E-state index in [2.05, 4.69) is 42.5 Å². The molecule has 0 aliphatic rings. The number of hydrogen-bond acceptors (Lipinski definition) is 3. The zero-order valence-electron chi connectivity index (χ0n) is 15.0. The van der Waals surface area contributed by atoms with Crippen LogP contribution in [-0.4, -0.2) is 17.6 Å². The fourth-order valence-electron chi connectivity index (χ4n) is 2.72. The molecule has 144 valence electrons. The van der Waals surface area contributed by atoms with Gasteiger partial charge in [-0.05, 0) is 69.6 Å². The molecule has 0 heterocycles. The van der Waals surface area contributed by atoms with Gasteiger partial charge in [0.05, 0.1) is 10.5 Å². The largest absolute Gasteiger partial charge is 0.483 e. The summed E-state index contributed by atoms with van der Waals surface area (Å²) in [5.74, 6) is 0.280. The van der Waals surface area contributed by atoms with Crippen LogP contribution in [0.2, 0.25) is 0 Å². The first kappa shape index (κ1) is 20.8. The van der Waals surface area contributed by atoms with E-state index < -0.39 is 0 Å². The minimum absolute atomic E-state index is 0.0103. The maximum absolute atomic E-state index is 12.2. The van der Waals surface area contributed by atoms with Gasteiger partial charge in [-0.3, -0.25) is 4.79 Å². The number of carbonyl (C=O) groups is 1. The SMILES string of the molecule is CC(NC(=S)NC(=O)COc1ccc2cc(Br)ccc2c1Br)c1ccccc1. The Morgan fingerprint density at radius 2 is 1.86 bits per heavy atom. The lowest BCUT2D eigenvalue weighted by atomic mass is 10.1. The van der Waals surface area contributed by atoms with E-state index >= 15 is 0 Å². The number of fused-ring (bicyclic) bond motifs is 1. The van der Waals surface area contributed by atoms with Gasteiger partial charge in [0.2, 0.25) is 0 Å². The molecule has 4 nitrogen and oxygen atoms in total. The first-order valence-electron chi connectivity index (χ1n) is 8.60. The van der Waals surface area contributed by atoms with Crippen molar-refractivity contribution in [2.24, 2.45) is 0 Å². The standard InChI is InChI=1S/C21H18Br2N2O2S/c1-13(14-5-3-2-4-6-14)24-21(28)25-19(26)12-27-18-10-7-15-11-16(22)8-9-17(15)20(18)23/h2-11,13H,12H2,1H3,(H2,24,25,26,28). The Morgan fingerprint density at radius 3 is 2.61 bits per heavy atom. The Bertz CT molecular complexity index is 1010. The van der Waals surface area contributed by atoms with Crippen LogP contribution in [0.15, 0.2) is 69.6 Å². The number of halogens is 2. The molecule has 7 heteroatoms. The van der Waals surface area contributed by atoms with Crippen molar-refractivity contribution in [2.75, 3.05) is 6.61 Å². The average Bonchev–Trinajstić information content (AvgIpc) is 2.68. The molecule has 0 saturated heterocycles. The van der Waals surface area contributed by atoms with Crippen molar-refractivity contribution in [2.45, 2.75) is 13.0 Å². The maximum Gasteiger partial charge on any atom is 0.264 e. The second kappa shape index (κ2) is 9.49. The van der Waals surface area contributed by atoms with E-state index in [1.54, 1.807) is 0 Å². The Morgan fingerprint density at radius 1 is 1.11 bits per heavy atom. The number of rotatable bonds is 5. The van der Waals surface area contributed by atoms with Gasteiger partial charge in [-0.25, -0.2) is 0 Å². The van der Waals surface area contributed by atoms with Gasteiger partial charge in [-0.2, -0.15) is 0 Å². The van der Waals surface area contributed by atoms with Crippen molar-refractivity contribution in [3.8, 4) is 5.75 Å². The number of carbonyl (C=O) groups excluding carboxylic acids is 1. The summed E-state index contributed by atoms with van der Waals surface area (Å²) in [7, 11) is 0. The maximum atomic E-state index is 12.2. The van der Waals surface area contributed by atoms with Gasteiger partial charge in [0.1, 0.15) is 5.75 Å². The van der Waals surface area contributed by atoms with E-state index in [-0.39, 0.29) is 23.7 Å². The molecular formula is C21H18Br2N2O2S. The van der Waals surface area contributed by atoms with Gasteiger partial charge in [-0.15, -0.1) is 0 Å². The predicted molar refractivity (Wildman–Crippen MR) is 124 cm³/mol. The van der Waals surface area contributed by atoms with Crippen LogP contribution in [0.1, 0.15) is 18.5 Å². The molecule has 1 amide bonds. The minimum Gasteiger partial charge on any atom is -0.483 e. The third kappa shape index (κ3) is 5.31. The van der Waals surface area contributed by atoms with Crippen LogP contribution >= 0.6 is 44.1 Å². The van der Waals surface area contributed by atoms with Crippen LogP contribution < -0.4 is 15.4 Å². The molecule has 0 spiro atoms. The molecule has 0 fully saturated rings. The summed E-state index contributed by atoms with van der Waals surface area (Å²) in [6.45, 7) is 1.84. The second-order valence-corrected chi connectivity index (χ2v) is 8.30. The van der Waals surface area contributed by atoms with Crippen molar-refractivity contribution in [3.05, 3.63) is 75.2 Å². The van der Waals surface area contributed by atoms with E-state index in [9.17, 15) is 4.79 Å². The third-order valence-electron chi connectivity index (χ3n) is 4.14. The van der Waals surface area contributed by atoms with Crippen LogP contribution in [0.25, 0.3) is 10.8 Å². The number of thiocarbonyl (C=S) groups is 1. The molecule has 1 unspecified atom stereocenters. The molecule has 0 bridgehead atoms. The summed E-state index contributed by atoms with van der Waals surface area (Å²) in [6, 6.07) is 19.6. The summed E-state index contributed by atoms with van der Waals surface area (Å²) in [6.07, 6.45) is 0. The van der Waals surface area contributed by atoms with Crippen LogP contribution in [0.4, 0.5) is 0 Å². The van der Waals surface area contributed by atoms with Gasteiger partial charge in [0, 0.05) is 4.47 Å². The van der Waals surface area contributed by atoms with Crippen molar-refractivity contribution in [1.29, 1.82) is 0 Å². The number of amides is 1. The molecule has 0 saturated carbocycles. The molecule has 3 rings (SSSR count). The average molecular weight is 522 g/mol. The van der Waals surface area contributed by atoms with Gasteiger partial charge in [0.25, 0.3) is 5.91 Å². The Balaban J connectivity index is 1.55. The summed E-state index contributed by atoms with van der Waals surface area (Å²) < 4.78 is 7.48. The minimum atomic E-state index is -0.319. The Kier molecular flexibility index (Phi) is 7.04.